The van der Waals surface area contributed by atoms with Gasteiger partial charge in [0.1, 0.15) is 11.5 Å². The third-order valence-electron chi connectivity index (χ3n) is 6.34. The van der Waals surface area contributed by atoms with Gasteiger partial charge in [-0.3, -0.25) is 9.59 Å². The van der Waals surface area contributed by atoms with E-state index < -0.39 is 0 Å². The van der Waals surface area contributed by atoms with Gasteiger partial charge in [-0.05, 0) is 67.1 Å². The van der Waals surface area contributed by atoms with Crippen LogP contribution in [0.3, 0.4) is 0 Å². The van der Waals surface area contributed by atoms with E-state index in [1.807, 2.05) is 37.3 Å². The molecule has 1 saturated heterocycles. The van der Waals surface area contributed by atoms with Gasteiger partial charge in [0.25, 0.3) is 5.91 Å². The van der Waals surface area contributed by atoms with E-state index in [1.54, 1.807) is 41.3 Å². The fraction of sp³-hybridized carbons (Fsp3) is 0.172. The molecule has 0 atom stereocenters. The maximum absolute atomic E-state index is 12.5. The summed E-state index contributed by atoms with van der Waals surface area (Å²) < 4.78 is 11.0. The van der Waals surface area contributed by atoms with Gasteiger partial charge in [-0.2, -0.15) is 0 Å². The van der Waals surface area contributed by atoms with E-state index in [-0.39, 0.29) is 11.8 Å². The van der Waals surface area contributed by atoms with Crippen LogP contribution in [0.4, 0.5) is 11.4 Å². The topological polar surface area (TPSA) is 78.9 Å². The highest BCUT2D eigenvalue weighted by atomic mass is 35.5. The molecule has 2 aromatic heterocycles. The molecule has 7 nitrogen and oxygen atoms in total. The number of nitrogens with one attached hydrogen (secondary N) is 1. The lowest BCUT2D eigenvalue weighted by Crippen LogP contribution is -2.48. The molecule has 194 valence electrons. The number of benzene rings is 2. The van der Waals surface area contributed by atoms with Crippen molar-refractivity contribution < 1.29 is 18.4 Å². The number of aryl methyl sites for hydroxylation is 1. The molecule has 0 bridgehead atoms. The van der Waals surface area contributed by atoms with E-state index in [1.165, 1.54) is 12.3 Å². The molecule has 0 spiro atoms. The second-order valence-electron chi connectivity index (χ2n) is 8.91. The lowest BCUT2D eigenvalue weighted by Gasteiger charge is -2.36. The number of hydrogen-bond donors (Lipinski definition) is 1. The van der Waals surface area contributed by atoms with Crippen LogP contribution in [0.5, 0.6) is 0 Å². The van der Waals surface area contributed by atoms with Gasteiger partial charge in [0.15, 0.2) is 5.76 Å². The monoisotopic (exact) mass is 549 g/mol. The van der Waals surface area contributed by atoms with Crippen LogP contribution >= 0.6 is 23.2 Å². The zero-order valence-electron chi connectivity index (χ0n) is 20.6. The Labute approximate surface area is 230 Å². The number of nitrogens with zero attached hydrogens (tertiary/aromatic N) is 2. The Hall–Kier alpha value is -3.94. The highest BCUT2D eigenvalue weighted by molar-refractivity contribution is 6.33. The molecule has 3 heterocycles. The van der Waals surface area contributed by atoms with Crippen molar-refractivity contribution in [3.63, 3.8) is 0 Å². The molecule has 1 aliphatic heterocycles. The standard InChI is InChI=1S/C29H25Cl2N3O4/c1-19-4-5-20(17-23(19)30)26-10-7-22(38-26)8-11-28(35)32-21-6-9-25(24(31)18-21)33-12-14-34(15-13-33)29(36)27-3-2-16-37-27/h2-11,16-18H,12-15H2,1H3,(H,32,35). The van der Waals surface area contributed by atoms with Crippen LogP contribution < -0.4 is 10.2 Å². The molecule has 0 radical (unpaired) electrons. The average Bonchev–Trinajstić information content (AvgIpc) is 3.62. The minimum atomic E-state index is -0.310. The summed E-state index contributed by atoms with van der Waals surface area (Å²) in [5, 5.41) is 4.01. The van der Waals surface area contributed by atoms with Crippen molar-refractivity contribution in [3.05, 3.63) is 100 Å². The van der Waals surface area contributed by atoms with Gasteiger partial charge in [0.2, 0.25) is 5.91 Å². The number of piperazine rings is 1. The SMILES string of the molecule is Cc1ccc(-c2ccc(C=CC(=O)Nc3ccc(N4CCN(C(=O)c5ccco5)CC4)c(Cl)c3)o2)cc1Cl. The molecule has 1 fully saturated rings. The summed E-state index contributed by atoms with van der Waals surface area (Å²) in [4.78, 5) is 28.9. The molecule has 1 N–H and O–H groups in total. The number of anilines is 2. The van der Waals surface area contributed by atoms with Crippen LogP contribution in [-0.4, -0.2) is 42.9 Å². The smallest absolute Gasteiger partial charge is 0.289 e. The van der Waals surface area contributed by atoms with Crippen LogP contribution in [-0.2, 0) is 4.79 Å². The van der Waals surface area contributed by atoms with E-state index in [9.17, 15) is 9.59 Å². The number of hydrogen-bond acceptors (Lipinski definition) is 5. The average molecular weight is 550 g/mol. The van der Waals surface area contributed by atoms with Crippen LogP contribution in [0, 0.1) is 6.92 Å². The third kappa shape index (κ3) is 5.79. The number of carbonyl (C=O) groups excluding carboxylic acids is 2. The molecule has 5 rings (SSSR count). The molecule has 38 heavy (non-hydrogen) atoms. The van der Waals surface area contributed by atoms with Crippen molar-refractivity contribution in [2.45, 2.75) is 6.92 Å². The van der Waals surface area contributed by atoms with Gasteiger partial charge in [-0.1, -0.05) is 35.3 Å². The Morgan fingerprint density at radius 1 is 0.947 bits per heavy atom. The molecule has 0 saturated carbocycles. The van der Waals surface area contributed by atoms with Gasteiger partial charge in [-0.25, -0.2) is 0 Å². The summed E-state index contributed by atoms with van der Waals surface area (Å²) in [6.07, 6.45) is 4.51. The molecular weight excluding hydrogens is 525 g/mol. The second kappa shape index (κ2) is 11.2. The Kier molecular flexibility index (Phi) is 7.58. The zero-order valence-corrected chi connectivity index (χ0v) is 22.1. The van der Waals surface area contributed by atoms with Crippen LogP contribution in [0.2, 0.25) is 10.0 Å². The predicted molar refractivity (Wildman–Crippen MR) is 150 cm³/mol. The Bertz CT molecular complexity index is 1490. The fourth-order valence-electron chi connectivity index (χ4n) is 4.23. The van der Waals surface area contributed by atoms with Gasteiger partial charge < -0.3 is 24.0 Å². The van der Waals surface area contributed by atoms with Crippen molar-refractivity contribution in [2.75, 3.05) is 36.4 Å². The zero-order chi connectivity index (χ0) is 26.6. The highest BCUT2D eigenvalue weighted by Crippen LogP contribution is 2.30. The molecule has 0 unspecified atom stereocenters. The molecule has 4 aromatic rings. The van der Waals surface area contributed by atoms with E-state index in [2.05, 4.69) is 10.2 Å². The molecular formula is C29H25Cl2N3O4. The highest BCUT2D eigenvalue weighted by Gasteiger charge is 2.24. The summed E-state index contributed by atoms with van der Waals surface area (Å²) in [5.74, 6) is 1.13. The third-order valence-corrected chi connectivity index (χ3v) is 7.05. The Balaban J connectivity index is 1.16. The molecule has 2 amide bonds. The second-order valence-corrected chi connectivity index (χ2v) is 9.73. The van der Waals surface area contributed by atoms with Crippen molar-refractivity contribution in [1.29, 1.82) is 0 Å². The van der Waals surface area contributed by atoms with Gasteiger partial charge in [-0.15, -0.1) is 0 Å². The number of halogens is 2. The minimum Gasteiger partial charge on any atom is -0.459 e. The molecule has 1 aliphatic rings. The quantitative estimate of drug-likeness (QED) is 0.268. The first-order valence-corrected chi connectivity index (χ1v) is 12.9. The number of furan rings is 2. The van der Waals surface area contributed by atoms with Crippen LogP contribution in [0.25, 0.3) is 17.4 Å². The van der Waals surface area contributed by atoms with E-state index in [0.29, 0.717) is 59.2 Å². The lowest BCUT2D eigenvalue weighted by atomic mass is 10.1. The largest absolute Gasteiger partial charge is 0.459 e. The van der Waals surface area contributed by atoms with Crippen molar-refractivity contribution in [3.8, 4) is 11.3 Å². The van der Waals surface area contributed by atoms with Crippen molar-refractivity contribution in [2.24, 2.45) is 0 Å². The Morgan fingerprint density at radius 3 is 2.47 bits per heavy atom. The molecule has 2 aromatic carbocycles. The van der Waals surface area contributed by atoms with Crippen molar-refractivity contribution in [1.82, 2.24) is 4.90 Å². The summed E-state index contributed by atoms with van der Waals surface area (Å²) in [7, 11) is 0. The maximum Gasteiger partial charge on any atom is 0.289 e. The van der Waals surface area contributed by atoms with Gasteiger partial charge in [0, 0.05) is 48.5 Å². The lowest BCUT2D eigenvalue weighted by molar-refractivity contribution is -0.111. The number of rotatable bonds is 6. The van der Waals surface area contributed by atoms with E-state index in [4.69, 9.17) is 32.0 Å². The first-order valence-electron chi connectivity index (χ1n) is 12.1. The van der Waals surface area contributed by atoms with E-state index in [0.717, 1.165) is 16.8 Å². The maximum atomic E-state index is 12.5. The normalized spacial score (nSPS) is 13.8. The van der Waals surface area contributed by atoms with Gasteiger partial charge >= 0.3 is 0 Å². The summed E-state index contributed by atoms with van der Waals surface area (Å²) in [6, 6.07) is 18.1. The number of amides is 2. The number of carbonyl (C=O) groups is 2. The van der Waals surface area contributed by atoms with Crippen LogP contribution in [0.1, 0.15) is 21.9 Å². The summed E-state index contributed by atoms with van der Waals surface area (Å²) in [6.45, 7) is 4.34. The van der Waals surface area contributed by atoms with Crippen LogP contribution in [0.15, 0.2) is 81.8 Å². The van der Waals surface area contributed by atoms with Crippen molar-refractivity contribution >= 4 is 52.5 Å². The minimum absolute atomic E-state index is 0.114. The first kappa shape index (κ1) is 25.7. The fourth-order valence-corrected chi connectivity index (χ4v) is 4.71. The Morgan fingerprint density at radius 2 is 1.76 bits per heavy atom. The summed E-state index contributed by atoms with van der Waals surface area (Å²) in [5.41, 5.74) is 3.29. The van der Waals surface area contributed by atoms with Gasteiger partial charge in [0.05, 0.1) is 17.0 Å². The predicted octanol–water partition coefficient (Wildman–Crippen LogP) is 6.77. The first-order chi connectivity index (χ1) is 18.4. The molecule has 0 aliphatic carbocycles. The summed E-state index contributed by atoms with van der Waals surface area (Å²) >= 11 is 12.8. The molecule has 9 heteroatoms. The van der Waals surface area contributed by atoms with E-state index >= 15 is 0 Å².